The van der Waals surface area contributed by atoms with Crippen LogP contribution in [-0.4, -0.2) is 104 Å². The molecule has 0 aliphatic carbocycles. The minimum Gasteiger partial charge on any atom is -0.379 e. The number of benzene rings is 5. The number of piperazine rings is 1. The second-order valence-corrected chi connectivity index (χ2v) is 18.3. The summed E-state index contributed by atoms with van der Waals surface area (Å²) in [5, 5.41) is 17.0. The second kappa shape index (κ2) is 19.6. The summed E-state index contributed by atoms with van der Waals surface area (Å²) in [4.78, 5) is 28.6. The SMILES string of the molecule is O=[N+]([O-])c1cc(S(=O)(=O)Nc2ncnc3cc(N4CCN(Cc5ccccc5-c5ccc(Cl)cc5)CC4)ccc23)ccc1N[C@H](CCN1CCOCC1)CSc1ccccc1. The van der Waals surface area contributed by atoms with Crippen molar-refractivity contribution in [2.24, 2.45) is 0 Å². The number of nitrogens with zero attached hydrogens (tertiary/aromatic N) is 6. The van der Waals surface area contributed by atoms with Gasteiger partial charge in [-0.2, -0.15) is 0 Å². The number of rotatable bonds is 16. The zero-order valence-corrected chi connectivity index (χ0v) is 35.9. The first kappa shape index (κ1) is 42.4. The van der Waals surface area contributed by atoms with Crippen molar-refractivity contribution in [3.63, 3.8) is 0 Å². The van der Waals surface area contributed by atoms with Crippen molar-refractivity contribution in [3.8, 4) is 11.1 Å². The van der Waals surface area contributed by atoms with Gasteiger partial charge in [-0.3, -0.25) is 24.6 Å². The molecule has 2 aliphatic rings. The number of fused-ring (bicyclic) bond motifs is 1. The van der Waals surface area contributed by atoms with E-state index in [0.29, 0.717) is 34.9 Å². The third-order valence-corrected chi connectivity index (χ3v) is 13.8. The molecule has 0 radical (unpaired) electrons. The smallest absolute Gasteiger partial charge is 0.293 e. The third-order valence-electron chi connectivity index (χ3n) is 11.1. The summed E-state index contributed by atoms with van der Waals surface area (Å²) in [7, 11) is -4.28. The molecular formula is C45H47ClN8O5S2. The van der Waals surface area contributed by atoms with Crippen LogP contribution in [0.2, 0.25) is 5.02 Å². The van der Waals surface area contributed by atoms with Gasteiger partial charge in [-0.1, -0.05) is 66.2 Å². The van der Waals surface area contributed by atoms with Gasteiger partial charge >= 0.3 is 0 Å². The van der Waals surface area contributed by atoms with E-state index in [9.17, 15) is 18.5 Å². The lowest BCUT2D eigenvalue weighted by atomic mass is 9.99. The molecule has 0 amide bonds. The maximum atomic E-state index is 13.8. The number of halogens is 1. The lowest BCUT2D eigenvalue weighted by Gasteiger charge is -2.36. The minimum atomic E-state index is -4.28. The minimum absolute atomic E-state index is 0.0895. The van der Waals surface area contributed by atoms with Crippen LogP contribution < -0.4 is 14.9 Å². The summed E-state index contributed by atoms with van der Waals surface area (Å²) >= 11 is 7.81. The van der Waals surface area contributed by atoms with Crippen LogP contribution in [0.1, 0.15) is 12.0 Å². The fraction of sp³-hybridized carbons (Fsp3) is 0.289. The highest BCUT2D eigenvalue weighted by Gasteiger charge is 2.26. The molecule has 2 N–H and O–H groups in total. The number of ether oxygens (including phenoxy) is 1. The molecular weight excluding hydrogens is 832 g/mol. The topological polar surface area (TPSA) is 146 Å². The van der Waals surface area contributed by atoms with Crippen molar-refractivity contribution in [2.75, 3.05) is 79.7 Å². The quantitative estimate of drug-likeness (QED) is 0.0548. The summed E-state index contributed by atoms with van der Waals surface area (Å²) in [6.07, 6.45) is 2.05. The third kappa shape index (κ3) is 10.8. The average Bonchev–Trinajstić information content (AvgIpc) is 3.28. The number of thioether (sulfide) groups is 1. The largest absolute Gasteiger partial charge is 0.379 e. The van der Waals surface area contributed by atoms with Gasteiger partial charge in [-0.15, -0.1) is 11.8 Å². The van der Waals surface area contributed by atoms with Crippen LogP contribution in [0, 0.1) is 10.1 Å². The molecule has 1 aromatic heterocycles. The molecule has 0 spiro atoms. The molecule has 0 saturated carbocycles. The number of nitrogens with one attached hydrogen (secondary N) is 2. The Morgan fingerprint density at radius 3 is 2.36 bits per heavy atom. The van der Waals surface area contributed by atoms with Crippen LogP contribution in [0.3, 0.4) is 0 Å². The molecule has 316 valence electrons. The summed E-state index contributed by atoms with van der Waals surface area (Å²) in [6.45, 7) is 8.01. The van der Waals surface area contributed by atoms with Crippen LogP contribution in [-0.2, 0) is 21.3 Å². The molecule has 1 atom stereocenters. The van der Waals surface area contributed by atoms with E-state index in [1.165, 1.54) is 29.6 Å². The van der Waals surface area contributed by atoms with Crippen molar-refractivity contribution in [3.05, 3.63) is 142 Å². The number of nitro groups is 1. The van der Waals surface area contributed by atoms with Gasteiger partial charge in [0.1, 0.15) is 12.0 Å². The van der Waals surface area contributed by atoms with Crippen LogP contribution in [0.4, 0.5) is 22.9 Å². The van der Waals surface area contributed by atoms with Gasteiger partial charge in [-0.05, 0) is 77.7 Å². The van der Waals surface area contributed by atoms with Crippen LogP contribution in [0.25, 0.3) is 22.0 Å². The van der Waals surface area contributed by atoms with Gasteiger partial charge < -0.3 is 15.0 Å². The fourth-order valence-electron chi connectivity index (χ4n) is 7.73. The Labute approximate surface area is 365 Å². The second-order valence-electron chi connectivity index (χ2n) is 15.1. The maximum absolute atomic E-state index is 13.8. The molecule has 6 aromatic rings. The normalized spacial score (nSPS) is 15.7. The highest BCUT2D eigenvalue weighted by Crippen LogP contribution is 2.33. The van der Waals surface area contributed by atoms with Crippen LogP contribution >= 0.6 is 23.4 Å². The van der Waals surface area contributed by atoms with Crippen molar-refractivity contribution in [1.82, 2.24) is 19.8 Å². The monoisotopic (exact) mass is 878 g/mol. The van der Waals surface area contributed by atoms with Crippen molar-refractivity contribution in [2.45, 2.75) is 28.8 Å². The molecule has 2 aliphatic heterocycles. The number of nitro benzene ring substituents is 1. The van der Waals surface area contributed by atoms with E-state index in [1.807, 2.05) is 60.7 Å². The zero-order valence-electron chi connectivity index (χ0n) is 33.5. The van der Waals surface area contributed by atoms with E-state index in [4.69, 9.17) is 16.3 Å². The molecule has 3 heterocycles. The number of morpholine rings is 1. The van der Waals surface area contributed by atoms with E-state index in [-0.39, 0.29) is 28.1 Å². The number of anilines is 3. The van der Waals surface area contributed by atoms with E-state index in [1.54, 1.807) is 11.8 Å². The highest BCUT2D eigenvalue weighted by atomic mass is 35.5. The van der Waals surface area contributed by atoms with Gasteiger partial charge in [0, 0.05) is 91.2 Å². The summed E-state index contributed by atoms with van der Waals surface area (Å²) in [5.74, 6) is 0.749. The fourth-order valence-corrected chi connectivity index (χ4v) is 9.90. The Kier molecular flexibility index (Phi) is 13.6. The maximum Gasteiger partial charge on any atom is 0.293 e. The predicted molar refractivity (Wildman–Crippen MR) is 244 cm³/mol. The molecule has 8 rings (SSSR count). The van der Waals surface area contributed by atoms with Gasteiger partial charge in [0.25, 0.3) is 15.7 Å². The zero-order chi connectivity index (χ0) is 42.2. The van der Waals surface area contributed by atoms with Gasteiger partial charge in [-0.25, -0.2) is 18.4 Å². The molecule has 2 fully saturated rings. The molecule has 5 aromatic carbocycles. The highest BCUT2D eigenvalue weighted by molar-refractivity contribution is 7.99. The summed E-state index contributed by atoms with van der Waals surface area (Å²) in [5.41, 5.74) is 5.08. The summed E-state index contributed by atoms with van der Waals surface area (Å²) < 4.78 is 35.7. The number of hydrogen-bond acceptors (Lipinski definition) is 12. The van der Waals surface area contributed by atoms with E-state index in [0.717, 1.165) is 81.0 Å². The first-order valence-electron chi connectivity index (χ1n) is 20.3. The molecule has 2 saturated heterocycles. The standard InChI is InChI=1S/C45H47ClN8O5S2/c46-35-12-10-33(11-13-35)40-9-5-4-6-34(40)30-52-20-22-53(23-21-52)37-14-16-41-43(28-37)47-32-48-45(41)50-61(57,58)39-15-17-42(44(29-39)54(55)56)49-36(18-19-51-24-26-59-27-25-51)31-60-38-7-2-1-3-8-38/h1-17,28-29,32,36,49H,18-27,30-31H2,(H,47,48,50)/t36-/m1/s1. The van der Waals surface area contributed by atoms with Crippen LogP contribution in [0.15, 0.2) is 131 Å². The van der Waals surface area contributed by atoms with Gasteiger partial charge in [0.2, 0.25) is 0 Å². The number of aromatic nitrogens is 2. The Morgan fingerprint density at radius 2 is 1.59 bits per heavy atom. The van der Waals surface area contributed by atoms with E-state index >= 15 is 0 Å². The molecule has 0 unspecified atom stereocenters. The Hall–Kier alpha value is -5.29. The van der Waals surface area contributed by atoms with Crippen molar-refractivity contribution < 1.29 is 18.1 Å². The molecule has 13 nitrogen and oxygen atoms in total. The van der Waals surface area contributed by atoms with E-state index in [2.05, 4.69) is 71.1 Å². The Morgan fingerprint density at radius 1 is 0.836 bits per heavy atom. The lowest BCUT2D eigenvalue weighted by molar-refractivity contribution is -0.384. The Balaban J connectivity index is 0.934. The molecule has 61 heavy (non-hydrogen) atoms. The Bertz CT molecular complexity index is 2560. The number of hydrogen-bond donors (Lipinski definition) is 2. The number of sulfonamides is 1. The lowest BCUT2D eigenvalue weighted by Crippen LogP contribution is -2.46. The first-order chi connectivity index (χ1) is 29.7. The average molecular weight is 880 g/mol. The predicted octanol–water partition coefficient (Wildman–Crippen LogP) is 8.28. The summed E-state index contributed by atoms with van der Waals surface area (Å²) in [6, 6.07) is 35.9. The van der Waals surface area contributed by atoms with Crippen molar-refractivity contribution >= 4 is 67.2 Å². The first-order valence-corrected chi connectivity index (χ1v) is 23.1. The van der Waals surface area contributed by atoms with Gasteiger partial charge in [0.15, 0.2) is 5.82 Å². The molecule has 16 heteroatoms. The van der Waals surface area contributed by atoms with Gasteiger partial charge in [0.05, 0.1) is 28.5 Å². The van der Waals surface area contributed by atoms with Crippen LogP contribution in [0.5, 0.6) is 0 Å². The van der Waals surface area contributed by atoms with E-state index < -0.39 is 14.9 Å². The van der Waals surface area contributed by atoms with Crippen molar-refractivity contribution in [1.29, 1.82) is 0 Å². The molecule has 0 bridgehead atoms.